The summed E-state index contributed by atoms with van der Waals surface area (Å²) in [5, 5.41) is 5.64. The predicted molar refractivity (Wildman–Crippen MR) is 89.5 cm³/mol. The van der Waals surface area contributed by atoms with Gasteiger partial charge in [0.2, 0.25) is 5.91 Å². The van der Waals surface area contributed by atoms with E-state index in [0.717, 1.165) is 31.6 Å². The fraction of sp³-hybridized carbons (Fsp3) is 0.421. The molecule has 1 amide bonds. The van der Waals surface area contributed by atoms with E-state index in [1.807, 2.05) is 6.92 Å². The van der Waals surface area contributed by atoms with E-state index >= 15 is 0 Å². The van der Waals surface area contributed by atoms with Crippen molar-refractivity contribution in [1.29, 1.82) is 0 Å². The molecule has 1 unspecified atom stereocenters. The molecular weight excluding hydrogens is 274 g/mol. The van der Waals surface area contributed by atoms with Crippen molar-refractivity contribution >= 4 is 16.7 Å². The number of hydrogen-bond acceptors (Lipinski definition) is 2. The molecule has 0 fully saturated rings. The van der Waals surface area contributed by atoms with Gasteiger partial charge in [0.15, 0.2) is 0 Å². The highest BCUT2D eigenvalue weighted by Gasteiger charge is 2.22. The minimum Gasteiger partial charge on any atom is -0.497 e. The number of hydrogen-bond donors (Lipinski definition) is 1. The molecule has 3 nitrogen and oxygen atoms in total. The van der Waals surface area contributed by atoms with Crippen molar-refractivity contribution in [3.63, 3.8) is 0 Å². The van der Waals surface area contributed by atoms with Gasteiger partial charge in [-0.15, -0.1) is 0 Å². The Labute approximate surface area is 131 Å². The second-order valence-corrected chi connectivity index (χ2v) is 5.96. The average molecular weight is 297 g/mol. The maximum atomic E-state index is 11.4. The van der Waals surface area contributed by atoms with Gasteiger partial charge < -0.3 is 10.1 Å². The molecule has 0 aromatic heterocycles. The number of carbonyl (C=O) groups is 1. The van der Waals surface area contributed by atoms with Gasteiger partial charge in [0.25, 0.3) is 0 Å². The molecule has 2 aromatic carbocycles. The minimum atomic E-state index is 0.131. The molecule has 0 spiro atoms. The average Bonchev–Trinajstić information content (AvgIpc) is 2.56. The fourth-order valence-corrected chi connectivity index (χ4v) is 3.46. The summed E-state index contributed by atoms with van der Waals surface area (Å²) in [6.45, 7) is 2.63. The first-order valence-corrected chi connectivity index (χ1v) is 8.09. The molecule has 22 heavy (non-hydrogen) atoms. The fourth-order valence-electron chi connectivity index (χ4n) is 3.46. The third-order valence-corrected chi connectivity index (χ3v) is 4.64. The molecule has 1 N–H and O–H groups in total. The van der Waals surface area contributed by atoms with E-state index in [9.17, 15) is 4.79 Å². The van der Waals surface area contributed by atoms with Gasteiger partial charge in [-0.3, -0.25) is 4.79 Å². The maximum absolute atomic E-state index is 11.4. The summed E-state index contributed by atoms with van der Waals surface area (Å²) >= 11 is 0. The SMILES string of the molecule is CCC(=O)NCCC1CCc2cccc3cc(OC)cc1c23. The topological polar surface area (TPSA) is 38.3 Å². The van der Waals surface area contributed by atoms with Crippen LogP contribution in [-0.2, 0) is 11.2 Å². The molecule has 0 radical (unpaired) electrons. The summed E-state index contributed by atoms with van der Waals surface area (Å²) < 4.78 is 5.47. The Morgan fingerprint density at radius 2 is 2.23 bits per heavy atom. The Balaban J connectivity index is 1.90. The molecule has 2 aromatic rings. The van der Waals surface area contributed by atoms with Crippen molar-refractivity contribution in [2.45, 2.75) is 38.5 Å². The van der Waals surface area contributed by atoms with Crippen LogP contribution in [0.4, 0.5) is 0 Å². The lowest BCUT2D eigenvalue weighted by Crippen LogP contribution is -2.25. The lowest BCUT2D eigenvalue weighted by atomic mass is 9.79. The molecule has 3 heteroatoms. The van der Waals surface area contributed by atoms with Crippen LogP contribution in [0, 0.1) is 0 Å². The van der Waals surface area contributed by atoms with Gasteiger partial charge in [-0.2, -0.15) is 0 Å². The van der Waals surface area contributed by atoms with Gasteiger partial charge in [-0.1, -0.05) is 25.1 Å². The van der Waals surface area contributed by atoms with Crippen molar-refractivity contribution in [1.82, 2.24) is 5.32 Å². The smallest absolute Gasteiger partial charge is 0.219 e. The Morgan fingerprint density at radius 1 is 1.36 bits per heavy atom. The zero-order valence-corrected chi connectivity index (χ0v) is 13.3. The van der Waals surface area contributed by atoms with Crippen LogP contribution in [0.1, 0.15) is 43.2 Å². The van der Waals surface area contributed by atoms with Gasteiger partial charge in [-0.05, 0) is 59.2 Å². The van der Waals surface area contributed by atoms with E-state index in [-0.39, 0.29) is 5.91 Å². The highest BCUT2D eigenvalue weighted by atomic mass is 16.5. The standard InChI is InChI=1S/C19H23NO2/c1-3-18(21)20-10-9-13-7-8-14-5-4-6-15-11-16(22-2)12-17(13)19(14)15/h4-6,11-13H,3,7-10H2,1-2H3,(H,20,21). The van der Waals surface area contributed by atoms with Crippen LogP contribution < -0.4 is 10.1 Å². The number of aryl methyl sites for hydroxylation is 1. The number of rotatable bonds is 5. The number of nitrogens with one attached hydrogen (secondary N) is 1. The minimum absolute atomic E-state index is 0.131. The zero-order valence-electron chi connectivity index (χ0n) is 13.3. The van der Waals surface area contributed by atoms with Gasteiger partial charge in [0.05, 0.1) is 7.11 Å². The molecule has 0 aliphatic heterocycles. The summed E-state index contributed by atoms with van der Waals surface area (Å²) in [4.78, 5) is 11.4. The van der Waals surface area contributed by atoms with E-state index in [1.54, 1.807) is 7.11 Å². The van der Waals surface area contributed by atoms with E-state index in [2.05, 4.69) is 35.6 Å². The molecule has 1 aliphatic carbocycles. The third kappa shape index (κ3) is 2.80. The summed E-state index contributed by atoms with van der Waals surface area (Å²) in [6.07, 6.45) is 3.80. The van der Waals surface area contributed by atoms with Crippen LogP contribution in [0.5, 0.6) is 5.75 Å². The van der Waals surface area contributed by atoms with Crippen molar-refractivity contribution < 1.29 is 9.53 Å². The van der Waals surface area contributed by atoms with Crippen LogP contribution in [0.2, 0.25) is 0 Å². The van der Waals surface area contributed by atoms with E-state index in [0.29, 0.717) is 12.3 Å². The Hall–Kier alpha value is -2.03. The molecule has 0 bridgehead atoms. The number of ether oxygens (including phenoxy) is 1. The molecule has 3 rings (SSSR count). The first kappa shape index (κ1) is 14.9. The summed E-state index contributed by atoms with van der Waals surface area (Å²) in [7, 11) is 1.72. The van der Waals surface area contributed by atoms with Gasteiger partial charge in [0, 0.05) is 13.0 Å². The molecule has 0 saturated carbocycles. The Morgan fingerprint density at radius 3 is 3.00 bits per heavy atom. The van der Waals surface area contributed by atoms with Crippen molar-refractivity contribution in [2.75, 3.05) is 13.7 Å². The zero-order chi connectivity index (χ0) is 15.5. The predicted octanol–water partition coefficient (Wildman–Crippen LogP) is 3.79. The van der Waals surface area contributed by atoms with E-state index < -0.39 is 0 Å². The Bertz CT molecular complexity index is 693. The normalized spacial score (nSPS) is 16.5. The quantitative estimate of drug-likeness (QED) is 0.911. The summed E-state index contributed by atoms with van der Waals surface area (Å²) in [5.41, 5.74) is 2.81. The van der Waals surface area contributed by atoms with E-state index in [1.165, 1.54) is 21.9 Å². The van der Waals surface area contributed by atoms with Gasteiger partial charge >= 0.3 is 0 Å². The highest BCUT2D eigenvalue weighted by Crippen LogP contribution is 2.40. The molecule has 1 aliphatic rings. The summed E-state index contributed by atoms with van der Waals surface area (Å²) in [6, 6.07) is 10.8. The number of methoxy groups -OCH3 is 1. The van der Waals surface area contributed by atoms with Crippen LogP contribution in [0.3, 0.4) is 0 Å². The van der Waals surface area contributed by atoms with Crippen LogP contribution in [-0.4, -0.2) is 19.6 Å². The van der Waals surface area contributed by atoms with E-state index in [4.69, 9.17) is 4.74 Å². The molecule has 1 atom stereocenters. The largest absolute Gasteiger partial charge is 0.497 e. The molecule has 116 valence electrons. The second-order valence-electron chi connectivity index (χ2n) is 5.96. The first-order valence-electron chi connectivity index (χ1n) is 8.09. The Kier molecular flexibility index (Phi) is 4.32. The van der Waals surface area contributed by atoms with Crippen molar-refractivity contribution in [2.24, 2.45) is 0 Å². The van der Waals surface area contributed by atoms with Crippen molar-refractivity contribution in [3.8, 4) is 5.75 Å². The van der Waals surface area contributed by atoms with Crippen LogP contribution in [0.15, 0.2) is 30.3 Å². The summed E-state index contributed by atoms with van der Waals surface area (Å²) in [5.74, 6) is 1.54. The highest BCUT2D eigenvalue weighted by molar-refractivity contribution is 5.91. The lowest BCUT2D eigenvalue weighted by Gasteiger charge is -2.26. The maximum Gasteiger partial charge on any atom is 0.219 e. The van der Waals surface area contributed by atoms with Crippen molar-refractivity contribution in [3.05, 3.63) is 41.5 Å². The lowest BCUT2D eigenvalue weighted by molar-refractivity contribution is -0.120. The van der Waals surface area contributed by atoms with Crippen LogP contribution >= 0.6 is 0 Å². The molecule has 0 heterocycles. The monoisotopic (exact) mass is 297 g/mol. The number of benzene rings is 2. The number of amides is 1. The van der Waals surface area contributed by atoms with Crippen LogP contribution in [0.25, 0.3) is 10.8 Å². The first-order chi connectivity index (χ1) is 10.7. The molecule has 0 saturated heterocycles. The third-order valence-electron chi connectivity index (χ3n) is 4.64. The number of carbonyl (C=O) groups excluding carboxylic acids is 1. The second kappa shape index (κ2) is 6.39. The van der Waals surface area contributed by atoms with Gasteiger partial charge in [-0.25, -0.2) is 0 Å². The van der Waals surface area contributed by atoms with Gasteiger partial charge in [0.1, 0.15) is 5.75 Å². The molecular formula is C19H23NO2.